The average molecular weight is 382 g/mol. The number of hydrogen-bond donors (Lipinski definition) is 1. The summed E-state index contributed by atoms with van der Waals surface area (Å²) in [6.07, 6.45) is -1.01. The predicted molar refractivity (Wildman–Crippen MR) is 97.6 cm³/mol. The molecule has 1 amide bonds. The van der Waals surface area contributed by atoms with Gasteiger partial charge < -0.3 is 14.8 Å². The maximum absolute atomic E-state index is 12.2. The van der Waals surface area contributed by atoms with E-state index in [0.717, 1.165) is 0 Å². The molecule has 0 heterocycles. The van der Waals surface area contributed by atoms with E-state index in [4.69, 9.17) is 32.7 Å². The van der Waals surface area contributed by atoms with Gasteiger partial charge in [0, 0.05) is 5.69 Å². The van der Waals surface area contributed by atoms with Crippen molar-refractivity contribution in [3.63, 3.8) is 0 Å². The second-order valence-corrected chi connectivity index (χ2v) is 5.88. The number of anilines is 1. The highest BCUT2D eigenvalue weighted by atomic mass is 35.5. The lowest BCUT2D eigenvalue weighted by Crippen LogP contribution is -2.30. The summed E-state index contributed by atoms with van der Waals surface area (Å²) < 4.78 is 10.5. The van der Waals surface area contributed by atoms with Crippen LogP contribution >= 0.6 is 23.2 Å². The SMILES string of the molecule is CCOc1ccc(NC(=O)C(C)OC(=O)c2cccc(Cl)c2Cl)cc1. The molecule has 2 rings (SSSR count). The van der Waals surface area contributed by atoms with Crippen LogP contribution in [0.15, 0.2) is 42.5 Å². The Bertz CT molecular complexity index is 762. The number of rotatable bonds is 6. The fraction of sp³-hybridized carbons (Fsp3) is 0.222. The normalized spacial score (nSPS) is 11.5. The van der Waals surface area contributed by atoms with Gasteiger partial charge in [-0.15, -0.1) is 0 Å². The number of amides is 1. The van der Waals surface area contributed by atoms with Crippen LogP contribution in [0.2, 0.25) is 10.0 Å². The highest BCUT2D eigenvalue weighted by Crippen LogP contribution is 2.26. The molecule has 1 N–H and O–H groups in total. The van der Waals surface area contributed by atoms with Gasteiger partial charge in [0.25, 0.3) is 5.91 Å². The summed E-state index contributed by atoms with van der Waals surface area (Å²) in [5.74, 6) is -0.479. The number of halogens is 2. The lowest BCUT2D eigenvalue weighted by Gasteiger charge is -2.14. The summed E-state index contributed by atoms with van der Waals surface area (Å²) in [6, 6.07) is 11.5. The van der Waals surface area contributed by atoms with Gasteiger partial charge in [0.2, 0.25) is 0 Å². The van der Waals surface area contributed by atoms with Crippen LogP contribution in [0, 0.1) is 0 Å². The van der Waals surface area contributed by atoms with Crippen molar-refractivity contribution in [2.24, 2.45) is 0 Å². The van der Waals surface area contributed by atoms with Crippen molar-refractivity contribution in [2.75, 3.05) is 11.9 Å². The molecule has 0 fully saturated rings. The fourth-order valence-corrected chi connectivity index (χ4v) is 2.36. The zero-order valence-electron chi connectivity index (χ0n) is 13.7. The molecule has 0 saturated carbocycles. The number of ether oxygens (including phenoxy) is 2. The summed E-state index contributed by atoms with van der Waals surface area (Å²) in [7, 11) is 0. The molecule has 2 aromatic carbocycles. The van der Waals surface area contributed by atoms with Crippen molar-refractivity contribution < 1.29 is 19.1 Å². The van der Waals surface area contributed by atoms with Crippen molar-refractivity contribution in [1.82, 2.24) is 0 Å². The summed E-state index contributed by atoms with van der Waals surface area (Å²) >= 11 is 11.8. The molecular formula is C18H17Cl2NO4. The second-order valence-electron chi connectivity index (χ2n) is 5.10. The first-order chi connectivity index (χ1) is 11.9. The van der Waals surface area contributed by atoms with Gasteiger partial charge in [-0.1, -0.05) is 29.3 Å². The molecule has 0 saturated heterocycles. The number of benzene rings is 2. The van der Waals surface area contributed by atoms with Gasteiger partial charge >= 0.3 is 5.97 Å². The highest BCUT2D eigenvalue weighted by molar-refractivity contribution is 6.43. The number of hydrogen-bond acceptors (Lipinski definition) is 4. The molecule has 25 heavy (non-hydrogen) atoms. The van der Waals surface area contributed by atoms with Gasteiger partial charge in [0.05, 0.1) is 22.2 Å². The third-order valence-electron chi connectivity index (χ3n) is 3.26. The molecule has 0 bridgehead atoms. The highest BCUT2D eigenvalue weighted by Gasteiger charge is 2.21. The number of carbonyl (C=O) groups is 2. The Hall–Kier alpha value is -2.24. The van der Waals surface area contributed by atoms with Crippen LogP contribution in [0.1, 0.15) is 24.2 Å². The molecule has 7 heteroatoms. The van der Waals surface area contributed by atoms with E-state index in [-0.39, 0.29) is 15.6 Å². The Kier molecular flexibility index (Phi) is 6.67. The maximum Gasteiger partial charge on any atom is 0.340 e. The van der Waals surface area contributed by atoms with Crippen molar-refractivity contribution in [2.45, 2.75) is 20.0 Å². The minimum atomic E-state index is -1.01. The Morgan fingerprint density at radius 2 is 1.80 bits per heavy atom. The van der Waals surface area contributed by atoms with Gasteiger partial charge in [0.1, 0.15) is 5.75 Å². The van der Waals surface area contributed by atoms with Gasteiger partial charge in [-0.05, 0) is 50.2 Å². The Balaban J connectivity index is 1.97. The third-order valence-corrected chi connectivity index (χ3v) is 4.08. The number of nitrogens with one attached hydrogen (secondary N) is 1. The molecule has 0 aromatic heterocycles. The van der Waals surface area contributed by atoms with E-state index >= 15 is 0 Å². The molecular weight excluding hydrogens is 365 g/mol. The topological polar surface area (TPSA) is 64.6 Å². The molecule has 1 atom stereocenters. The van der Waals surface area contributed by atoms with E-state index in [2.05, 4.69) is 5.32 Å². The lowest BCUT2D eigenvalue weighted by molar-refractivity contribution is -0.123. The number of esters is 1. The summed E-state index contributed by atoms with van der Waals surface area (Å²) in [5.41, 5.74) is 0.673. The van der Waals surface area contributed by atoms with Crippen LogP contribution in [-0.2, 0) is 9.53 Å². The second kappa shape index (κ2) is 8.74. The molecule has 0 aliphatic carbocycles. The van der Waals surface area contributed by atoms with Crippen molar-refractivity contribution in [1.29, 1.82) is 0 Å². The van der Waals surface area contributed by atoms with E-state index < -0.39 is 18.0 Å². The Morgan fingerprint density at radius 1 is 1.12 bits per heavy atom. The molecule has 1 unspecified atom stereocenters. The summed E-state index contributed by atoms with van der Waals surface area (Å²) in [4.78, 5) is 24.3. The maximum atomic E-state index is 12.2. The van der Waals surface area contributed by atoms with Gasteiger partial charge in [-0.25, -0.2) is 4.79 Å². The van der Waals surface area contributed by atoms with E-state index in [9.17, 15) is 9.59 Å². The molecule has 0 spiro atoms. The van der Waals surface area contributed by atoms with E-state index in [1.807, 2.05) is 6.92 Å². The largest absolute Gasteiger partial charge is 0.494 e. The Morgan fingerprint density at radius 3 is 2.44 bits per heavy atom. The van der Waals surface area contributed by atoms with Crippen LogP contribution in [0.5, 0.6) is 5.75 Å². The first-order valence-electron chi connectivity index (χ1n) is 7.61. The van der Waals surface area contributed by atoms with Crippen molar-refractivity contribution >= 4 is 40.8 Å². The predicted octanol–water partition coefficient (Wildman–Crippen LogP) is 4.58. The average Bonchev–Trinajstić information content (AvgIpc) is 2.59. The molecule has 0 aliphatic rings. The lowest BCUT2D eigenvalue weighted by atomic mass is 10.2. The minimum absolute atomic E-state index is 0.0910. The molecule has 5 nitrogen and oxygen atoms in total. The van der Waals surface area contributed by atoms with Gasteiger partial charge in [-0.3, -0.25) is 4.79 Å². The molecule has 0 aliphatic heterocycles. The van der Waals surface area contributed by atoms with Crippen LogP contribution in [-0.4, -0.2) is 24.6 Å². The van der Waals surface area contributed by atoms with Crippen LogP contribution < -0.4 is 10.1 Å². The molecule has 2 aromatic rings. The van der Waals surface area contributed by atoms with Crippen molar-refractivity contribution in [3.05, 3.63) is 58.1 Å². The standard InChI is InChI=1S/C18H17Cl2NO4/c1-3-24-13-9-7-12(8-10-13)21-17(22)11(2)25-18(23)14-5-4-6-15(19)16(14)20/h4-11H,3H2,1-2H3,(H,21,22). The molecule has 132 valence electrons. The first kappa shape index (κ1) is 19.1. The van der Waals surface area contributed by atoms with Gasteiger partial charge in [-0.2, -0.15) is 0 Å². The van der Waals surface area contributed by atoms with Crippen molar-refractivity contribution in [3.8, 4) is 5.75 Å². The zero-order chi connectivity index (χ0) is 18.4. The van der Waals surface area contributed by atoms with E-state index in [0.29, 0.717) is 18.0 Å². The van der Waals surface area contributed by atoms with Crippen LogP contribution in [0.3, 0.4) is 0 Å². The monoisotopic (exact) mass is 381 g/mol. The quantitative estimate of drug-likeness (QED) is 0.743. The zero-order valence-corrected chi connectivity index (χ0v) is 15.2. The first-order valence-corrected chi connectivity index (χ1v) is 8.36. The molecule has 0 radical (unpaired) electrons. The third kappa shape index (κ3) is 5.11. The smallest absolute Gasteiger partial charge is 0.340 e. The van der Waals surface area contributed by atoms with Crippen LogP contribution in [0.25, 0.3) is 0 Å². The van der Waals surface area contributed by atoms with E-state index in [1.54, 1.807) is 36.4 Å². The fourth-order valence-electron chi connectivity index (χ4n) is 1.98. The number of carbonyl (C=O) groups excluding carboxylic acids is 2. The van der Waals surface area contributed by atoms with Crippen LogP contribution in [0.4, 0.5) is 5.69 Å². The Labute approximate surface area is 155 Å². The van der Waals surface area contributed by atoms with Gasteiger partial charge in [0.15, 0.2) is 6.10 Å². The van der Waals surface area contributed by atoms with E-state index in [1.165, 1.54) is 13.0 Å². The summed E-state index contributed by atoms with van der Waals surface area (Å²) in [6.45, 7) is 3.92. The summed E-state index contributed by atoms with van der Waals surface area (Å²) in [5, 5.41) is 2.99. The minimum Gasteiger partial charge on any atom is -0.494 e.